The normalized spacial score (nSPS) is 12.8. The minimum Gasteiger partial charge on any atom is -0.505 e. The first kappa shape index (κ1) is 48.4. The minimum absolute atomic E-state index is 0.0307. The molecule has 7 aromatic rings. The largest absolute Gasteiger partial charge is 0.505 e. The number of rotatable bonds is 16. The number of phenolic OH excluding ortho intramolecular Hbond substituents is 1. The average molecular weight is 1000 g/mol. The molecule has 0 aliphatic rings. The predicted molar refractivity (Wildman–Crippen MR) is 247 cm³/mol. The van der Waals surface area contributed by atoms with Crippen LogP contribution in [0.1, 0.15) is 0 Å². The maximum atomic E-state index is 12.5. The van der Waals surface area contributed by atoms with Crippen molar-refractivity contribution < 1.29 is 66.5 Å². The Balaban J connectivity index is 1.28. The Morgan fingerprint density at radius 3 is 1.50 bits per heavy atom. The highest BCUT2D eigenvalue weighted by Crippen LogP contribution is 2.45. The highest BCUT2D eigenvalue weighted by atomic mass is 32.2. The predicted octanol–water partition coefficient (Wildman–Crippen LogP) is 9.76. The van der Waals surface area contributed by atoms with Crippen LogP contribution < -0.4 is 10.5 Å². The molecule has 0 aliphatic heterocycles. The Morgan fingerprint density at radius 1 is 0.544 bits per heavy atom. The Bertz CT molecular complexity index is 3810. The van der Waals surface area contributed by atoms with E-state index in [9.17, 15) is 57.0 Å². The summed E-state index contributed by atoms with van der Waals surface area (Å²) in [5, 5.41) is 36.2. The summed E-state index contributed by atoms with van der Waals surface area (Å²) in [5.74, 6) is -0.00938. The van der Waals surface area contributed by atoms with Crippen LogP contribution in [0.2, 0.25) is 0 Å². The molecule has 22 nitrogen and oxygen atoms in total. The van der Waals surface area contributed by atoms with Crippen molar-refractivity contribution in [3.05, 3.63) is 128 Å². The molecule has 0 spiro atoms. The number of benzene rings is 7. The molecule has 0 bridgehead atoms. The number of aromatic hydroxyl groups is 1. The van der Waals surface area contributed by atoms with E-state index in [-0.39, 0.29) is 62.9 Å². The van der Waals surface area contributed by atoms with Gasteiger partial charge in [-0.05, 0) is 102 Å². The number of nitrogens with zero attached hydrogens (tertiary/aromatic N) is 6. The zero-order chi connectivity index (χ0) is 49.3. The second-order valence-corrected chi connectivity index (χ2v) is 19.8. The lowest BCUT2D eigenvalue weighted by molar-refractivity contribution is 0.165. The van der Waals surface area contributed by atoms with Crippen LogP contribution in [0, 0.1) is 0 Å². The highest BCUT2D eigenvalue weighted by Gasteiger charge is 2.25. The summed E-state index contributed by atoms with van der Waals surface area (Å²) < 4.78 is 148. The fourth-order valence-corrected chi connectivity index (χ4v) is 8.80. The van der Waals surface area contributed by atoms with Crippen LogP contribution in [0.4, 0.5) is 39.8 Å². The van der Waals surface area contributed by atoms with Gasteiger partial charge in [-0.2, -0.15) is 38.8 Å². The van der Waals surface area contributed by atoms with Gasteiger partial charge in [0.05, 0.1) is 43.9 Å². The monoisotopic (exact) mass is 1000 g/mol. The zero-order valence-corrected chi connectivity index (χ0v) is 37.7. The molecule has 0 saturated carbocycles. The van der Waals surface area contributed by atoms with Crippen LogP contribution in [0.25, 0.3) is 32.3 Å². The average Bonchev–Trinajstić information content (AvgIpc) is 3.27. The van der Waals surface area contributed by atoms with Gasteiger partial charge < -0.3 is 20.3 Å². The van der Waals surface area contributed by atoms with Gasteiger partial charge in [-0.25, -0.2) is 0 Å². The van der Waals surface area contributed by atoms with Gasteiger partial charge in [-0.3, -0.25) is 18.2 Å². The van der Waals surface area contributed by atoms with E-state index in [0.29, 0.717) is 22.6 Å². The molecule has 7 rings (SSSR count). The second kappa shape index (κ2) is 18.6. The van der Waals surface area contributed by atoms with Crippen LogP contribution in [0.15, 0.2) is 178 Å². The van der Waals surface area contributed by atoms with Gasteiger partial charge in [-0.1, -0.05) is 25.3 Å². The molecule has 0 atom stereocenters. The molecule has 0 amide bonds. The minimum atomic E-state index is -5.24. The van der Waals surface area contributed by atoms with E-state index in [1.54, 1.807) is 24.3 Å². The van der Waals surface area contributed by atoms with Crippen molar-refractivity contribution >= 4 is 113 Å². The smallest absolute Gasteiger partial charge is 0.296 e. The molecule has 0 heterocycles. The van der Waals surface area contributed by atoms with E-state index in [4.69, 9.17) is 15.2 Å². The molecule has 7 N–H and O–H groups in total. The van der Waals surface area contributed by atoms with E-state index in [1.807, 2.05) is 0 Å². The molecule has 0 aliphatic carbocycles. The molecule has 0 unspecified atom stereocenters. The van der Waals surface area contributed by atoms with Crippen molar-refractivity contribution in [3.8, 4) is 11.5 Å². The van der Waals surface area contributed by atoms with Crippen molar-refractivity contribution in [1.29, 1.82) is 0 Å². The Labute approximate surface area is 386 Å². The quantitative estimate of drug-likeness (QED) is 0.0131. The van der Waals surface area contributed by atoms with E-state index in [1.165, 1.54) is 42.5 Å². The van der Waals surface area contributed by atoms with E-state index >= 15 is 0 Å². The molecule has 68 heavy (non-hydrogen) atoms. The number of phenols is 1. The number of allylic oxidation sites excluding steroid dienone is 1. The van der Waals surface area contributed by atoms with Crippen molar-refractivity contribution in [2.45, 2.75) is 19.6 Å². The first-order valence-electron chi connectivity index (χ1n) is 19.0. The maximum Gasteiger partial charge on any atom is 0.296 e. The number of anilines is 1. The lowest BCUT2D eigenvalue weighted by Crippen LogP contribution is -2.05. The summed E-state index contributed by atoms with van der Waals surface area (Å²) in [6, 6.07) is 21.4. The van der Waals surface area contributed by atoms with E-state index in [0.717, 1.165) is 42.5 Å². The van der Waals surface area contributed by atoms with E-state index < -0.39 is 77.2 Å². The molecular weight excluding hydrogens is 971 g/mol. The van der Waals surface area contributed by atoms with Gasteiger partial charge >= 0.3 is 0 Å². The van der Waals surface area contributed by atoms with Crippen molar-refractivity contribution in [3.63, 3.8) is 0 Å². The second-order valence-electron chi connectivity index (χ2n) is 14.2. The van der Waals surface area contributed by atoms with Gasteiger partial charge in [0.25, 0.3) is 40.5 Å². The first-order valence-corrected chi connectivity index (χ1v) is 24.7. The summed E-state index contributed by atoms with van der Waals surface area (Å²) in [6.07, 6.45) is 1.47. The topological polar surface area (TPSA) is 356 Å². The molecule has 26 heteroatoms. The third-order valence-corrected chi connectivity index (χ3v) is 13.2. The van der Waals surface area contributed by atoms with Crippen molar-refractivity contribution in [2.75, 3.05) is 18.9 Å². The summed E-state index contributed by atoms with van der Waals surface area (Å²) in [6.45, 7) is 7.71. The van der Waals surface area contributed by atoms with Crippen molar-refractivity contribution in [1.82, 2.24) is 0 Å². The number of nitrogen functional groups attached to an aromatic ring is 1. The molecule has 7 aromatic carbocycles. The van der Waals surface area contributed by atoms with Crippen LogP contribution in [0.5, 0.6) is 11.5 Å². The first-order chi connectivity index (χ1) is 31.9. The molecule has 350 valence electrons. The van der Waals surface area contributed by atoms with Crippen LogP contribution in [-0.4, -0.2) is 70.2 Å². The maximum absolute atomic E-state index is 12.5. The zero-order valence-electron chi connectivity index (χ0n) is 34.4. The summed E-state index contributed by atoms with van der Waals surface area (Å²) in [4.78, 5) is -2.99. The van der Waals surface area contributed by atoms with Crippen LogP contribution in [0.3, 0.4) is 0 Å². The Hall–Kier alpha value is -7.56. The fourth-order valence-electron chi connectivity index (χ4n) is 6.49. The number of nitrogens with two attached hydrogens (primary N) is 1. The summed E-state index contributed by atoms with van der Waals surface area (Å²) in [5.41, 5.74) is 4.94. The van der Waals surface area contributed by atoms with Gasteiger partial charge in [-0.15, -0.1) is 25.6 Å². The third-order valence-electron chi connectivity index (χ3n) is 9.72. The fraction of sp³-hybridized carbons (Fsp3) is 0.0476. The number of azo groups is 3. The lowest BCUT2D eigenvalue weighted by Gasteiger charge is -2.11. The highest BCUT2D eigenvalue weighted by molar-refractivity contribution is 7.86. The molecule has 0 radical (unpaired) electrons. The molecular formula is C42H33N7O15S4. The van der Waals surface area contributed by atoms with Gasteiger partial charge in [0.2, 0.25) is 0 Å². The number of hydrogen-bond donors (Lipinski definition) is 6. The molecule has 0 fully saturated rings. The molecule has 0 aromatic heterocycles. The summed E-state index contributed by atoms with van der Waals surface area (Å²) in [7, 11) is -19.7. The Morgan fingerprint density at radius 2 is 1.01 bits per heavy atom. The van der Waals surface area contributed by atoms with Gasteiger partial charge in [0, 0.05) is 26.9 Å². The Kier molecular flexibility index (Phi) is 13.2. The third kappa shape index (κ3) is 10.7. The summed E-state index contributed by atoms with van der Waals surface area (Å²) >= 11 is 0. The molecule has 0 saturated heterocycles. The standard InChI is InChI=1S/C42H33N7O15S4/c1-3-23(2)63-16-17-64-26-6-4-25(5-7-26)44-45-35-12-14-37(32-20-27(65(51,52)53)8-10-29(32)35)47-46-36-13-15-38(33-21-28(66(54,55)56)9-11-30(33)36)48-49-41-40(68(60,61)62)19-24-18-39(67(57,58)59)34(43)22-31(24)42(41)50/h3-15,18-22,50H,1-2,16-17,43H2,(H,51,52,53)(H,54,55,56)(H,57,58,59)(H,60,61,62)/b45-44+,47-46+,49-48+. The van der Waals surface area contributed by atoms with E-state index in [2.05, 4.69) is 43.8 Å². The van der Waals surface area contributed by atoms with Crippen molar-refractivity contribution in [2.24, 2.45) is 30.7 Å². The SMILES string of the molecule is C=CC(=C)OCCOc1ccc(/N=N/c2ccc(/N=N/c3ccc(/N=N/c4c(S(=O)(=O)O)cc5cc(S(=O)(=O)O)c(N)cc5c4O)c4cc(S(=O)(=O)O)ccc34)c3cc(S(=O)(=O)O)ccc23)cc1. The van der Waals surface area contributed by atoms with Crippen LogP contribution in [-0.2, 0) is 45.2 Å². The number of ether oxygens (including phenoxy) is 2. The number of hydrogen-bond acceptors (Lipinski definition) is 18. The lowest BCUT2D eigenvalue weighted by atomic mass is 10.1. The van der Waals surface area contributed by atoms with Gasteiger partial charge in [0.1, 0.15) is 40.2 Å². The number of fused-ring (bicyclic) bond motifs is 3. The van der Waals surface area contributed by atoms with Gasteiger partial charge in [0.15, 0.2) is 5.75 Å². The van der Waals surface area contributed by atoms with Crippen LogP contribution >= 0.6 is 0 Å².